The average Bonchev–Trinajstić information content (AvgIpc) is 2.41. The lowest BCUT2D eigenvalue weighted by atomic mass is 9.83. The molecule has 0 amide bonds. The molecule has 2 nitrogen and oxygen atoms in total. The van der Waals surface area contributed by atoms with Gasteiger partial charge in [0.25, 0.3) is 0 Å². The van der Waals surface area contributed by atoms with Crippen molar-refractivity contribution in [3.8, 4) is 6.07 Å². The third kappa shape index (κ3) is 3.05. The van der Waals surface area contributed by atoms with Crippen molar-refractivity contribution in [3.05, 3.63) is 28.2 Å². The van der Waals surface area contributed by atoms with Crippen molar-refractivity contribution in [1.82, 2.24) is 0 Å². The van der Waals surface area contributed by atoms with Crippen LogP contribution in [0.25, 0.3) is 0 Å². The van der Waals surface area contributed by atoms with E-state index in [-0.39, 0.29) is 0 Å². The smallest absolute Gasteiger partial charge is 0.0992 e. The Labute approximate surface area is 118 Å². The second kappa shape index (κ2) is 6.24. The van der Waals surface area contributed by atoms with E-state index in [2.05, 4.69) is 34.2 Å². The number of hydrogen-bond acceptors (Lipinski definition) is 2. The number of rotatable bonds is 3. The highest BCUT2D eigenvalue weighted by atomic mass is 79.9. The minimum absolute atomic E-state index is 0.577. The van der Waals surface area contributed by atoms with E-state index < -0.39 is 0 Å². The lowest BCUT2D eigenvalue weighted by Gasteiger charge is -2.32. The van der Waals surface area contributed by atoms with E-state index in [1.165, 1.54) is 32.1 Å². The first kappa shape index (κ1) is 13.4. The van der Waals surface area contributed by atoms with Crippen LogP contribution in [0.4, 0.5) is 5.69 Å². The van der Waals surface area contributed by atoms with Gasteiger partial charge in [-0.15, -0.1) is 0 Å². The van der Waals surface area contributed by atoms with E-state index in [0.29, 0.717) is 11.6 Å². The van der Waals surface area contributed by atoms with Gasteiger partial charge in [-0.3, -0.25) is 0 Å². The summed E-state index contributed by atoms with van der Waals surface area (Å²) in [5.74, 6) is 0.779. The molecule has 1 aliphatic rings. The molecule has 1 aromatic carbocycles. The van der Waals surface area contributed by atoms with Crippen LogP contribution in [0.3, 0.4) is 0 Å². The van der Waals surface area contributed by atoms with Gasteiger partial charge in [0.15, 0.2) is 0 Å². The Morgan fingerprint density at radius 3 is 2.83 bits per heavy atom. The molecule has 1 aromatic rings. The molecule has 2 unspecified atom stereocenters. The highest BCUT2D eigenvalue weighted by Crippen LogP contribution is 2.32. The third-order valence-corrected chi connectivity index (χ3v) is 4.53. The Kier molecular flexibility index (Phi) is 4.66. The molecular weight excluding hydrogens is 288 g/mol. The fourth-order valence-electron chi connectivity index (χ4n) is 2.79. The third-order valence-electron chi connectivity index (χ3n) is 3.87. The van der Waals surface area contributed by atoms with E-state index in [9.17, 15) is 0 Å². The molecule has 1 fully saturated rings. The Hall–Kier alpha value is -1.01. The summed E-state index contributed by atoms with van der Waals surface area (Å²) in [5.41, 5.74) is 1.81. The standard InChI is InChI=1S/C15H19BrN2/c1-2-12-5-3-4-6-14(12)18-15-8-7-11(10-17)9-13(15)16/h7-9,12,14,18H,2-6H2,1H3. The maximum atomic E-state index is 8.86. The van der Waals surface area contributed by atoms with Crippen molar-refractivity contribution in [2.45, 2.75) is 45.1 Å². The predicted octanol–water partition coefficient (Wildman–Crippen LogP) is 4.70. The number of halogens is 1. The zero-order chi connectivity index (χ0) is 13.0. The molecule has 96 valence electrons. The van der Waals surface area contributed by atoms with Gasteiger partial charge in [0.2, 0.25) is 0 Å². The molecule has 0 heterocycles. The second-order valence-corrected chi connectivity index (χ2v) is 5.86. The molecule has 0 spiro atoms. The molecule has 18 heavy (non-hydrogen) atoms. The maximum Gasteiger partial charge on any atom is 0.0992 e. The molecule has 2 atom stereocenters. The quantitative estimate of drug-likeness (QED) is 0.878. The van der Waals surface area contributed by atoms with Crippen LogP contribution in [0.5, 0.6) is 0 Å². The SMILES string of the molecule is CCC1CCCCC1Nc1ccc(C#N)cc1Br. The van der Waals surface area contributed by atoms with Crippen LogP contribution in [-0.4, -0.2) is 6.04 Å². The van der Waals surface area contributed by atoms with E-state index in [4.69, 9.17) is 5.26 Å². The fraction of sp³-hybridized carbons (Fsp3) is 0.533. The molecule has 0 aromatic heterocycles. The van der Waals surface area contributed by atoms with Gasteiger partial charge >= 0.3 is 0 Å². The zero-order valence-corrected chi connectivity index (χ0v) is 12.3. The summed E-state index contributed by atoms with van der Waals surface area (Å²) in [6.07, 6.45) is 6.52. The summed E-state index contributed by atoms with van der Waals surface area (Å²) in [6, 6.07) is 8.49. The van der Waals surface area contributed by atoms with Crippen molar-refractivity contribution in [3.63, 3.8) is 0 Å². The van der Waals surface area contributed by atoms with Crippen LogP contribution in [0.15, 0.2) is 22.7 Å². The first-order valence-corrected chi connectivity index (χ1v) is 7.50. The van der Waals surface area contributed by atoms with E-state index in [1.54, 1.807) is 0 Å². The Bertz CT molecular complexity index is 450. The van der Waals surface area contributed by atoms with Crippen LogP contribution in [-0.2, 0) is 0 Å². The van der Waals surface area contributed by atoms with Gasteiger partial charge in [-0.25, -0.2) is 0 Å². The van der Waals surface area contributed by atoms with Crippen LogP contribution in [0.1, 0.15) is 44.6 Å². The lowest BCUT2D eigenvalue weighted by Crippen LogP contribution is -2.31. The largest absolute Gasteiger partial charge is 0.381 e. The number of hydrogen-bond donors (Lipinski definition) is 1. The van der Waals surface area contributed by atoms with E-state index >= 15 is 0 Å². The molecule has 1 aliphatic carbocycles. The highest BCUT2D eigenvalue weighted by molar-refractivity contribution is 9.10. The average molecular weight is 307 g/mol. The summed E-state index contributed by atoms with van der Waals surface area (Å²) in [6.45, 7) is 2.28. The van der Waals surface area contributed by atoms with Crippen LogP contribution >= 0.6 is 15.9 Å². The first-order valence-electron chi connectivity index (χ1n) is 6.70. The summed E-state index contributed by atoms with van der Waals surface area (Å²) >= 11 is 3.54. The molecular formula is C15H19BrN2. The van der Waals surface area contributed by atoms with Crippen molar-refractivity contribution in [1.29, 1.82) is 5.26 Å². The molecule has 2 rings (SSSR count). The summed E-state index contributed by atoms with van der Waals surface area (Å²) in [5, 5.41) is 12.5. The normalized spacial score (nSPS) is 23.4. The van der Waals surface area contributed by atoms with Crippen molar-refractivity contribution in [2.75, 3.05) is 5.32 Å². The zero-order valence-electron chi connectivity index (χ0n) is 10.7. The molecule has 0 aliphatic heterocycles. The number of nitriles is 1. The van der Waals surface area contributed by atoms with Gasteiger partial charge in [0.1, 0.15) is 0 Å². The molecule has 0 saturated heterocycles. The van der Waals surface area contributed by atoms with Crippen molar-refractivity contribution < 1.29 is 0 Å². The first-order chi connectivity index (χ1) is 8.74. The predicted molar refractivity (Wildman–Crippen MR) is 78.5 cm³/mol. The Morgan fingerprint density at radius 2 is 2.17 bits per heavy atom. The molecule has 0 bridgehead atoms. The number of nitrogens with zero attached hydrogens (tertiary/aromatic N) is 1. The van der Waals surface area contributed by atoms with Gasteiger partial charge in [0.05, 0.1) is 11.6 Å². The van der Waals surface area contributed by atoms with E-state index in [0.717, 1.165) is 16.1 Å². The lowest BCUT2D eigenvalue weighted by molar-refractivity contribution is 0.317. The molecule has 0 radical (unpaired) electrons. The monoisotopic (exact) mass is 306 g/mol. The van der Waals surface area contributed by atoms with Gasteiger partial charge in [-0.05, 0) is 52.9 Å². The van der Waals surface area contributed by atoms with Crippen molar-refractivity contribution in [2.24, 2.45) is 5.92 Å². The van der Waals surface area contributed by atoms with Gasteiger partial charge < -0.3 is 5.32 Å². The highest BCUT2D eigenvalue weighted by Gasteiger charge is 2.23. The minimum Gasteiger partial charge on any atom is -0.381 e. The number of anilines is 1. The maximum absolute atomic E-state index is 8.86. The minimum atomic E-state index is 0.577. The van der Waals surface area contributed by atoms with E-state index in [1.807, 2.05) is 18.2 Å². The fourth-order valence-corrected chi connectivity index (χ4v) is 3.28. The van der Waals surface area contributed by atoms with Gasteiger partial charge in [-0.2, -0.15) is 5.26 Å². The van der Waals surface area contributed by atoms with Crippen LogP contribution in [0, 0.1) is 17.2 Å². The molecule has 1 N–H and O–H groups in total. The molecule has 3 heteroatoms. The second-order valence-electron chi connectivity index (χ2n) is 5.01. The molecule has 1 saturated carbocycles. The van der Waals surface area contributed by atoms with Gasteiger partial charge in [-0.1, -0.05) is 26.2 Å². The van der Waals surface area contributed by atoms with Crippen molar-refractivity contribution >= 4 is 21.6 Å². The number of nitrogens with one attached hydrogen (secondary N) is 1. The summed E-state index contributed by atoms with van der Waals surface area (Å²) < 4.78 is 0.988. The van der Waals surface area contributed by atoms with Crippen LogP contribution < -0.4 is 5.32 Å². The Balaban J connectivity index is 2.10. The summed E-state index contributed by atoms with van der Waals surface area (Å²) in [4.78, 5) is 0. The van der Waals surface area contributed by atoms with Gasteiger partial charge in [0, 0.05) is 16.2 Å². The van der Waals surface area contributed by atoms with Crippen LogP contribution in [0.2, 0.25) is 0 Å². The summed E-state index contributed by atoms with van der Waals surface area (Å²) in [7, 11) is 0. The number of benzene rings is 1. The Morgan fingerprint density at radius 1 is 1.39 bits per heavy atom. The topological polar surface area (TPSA) is 35.8 Å².